The normalized spacial score (nSPS) is 10.6. The van der Waals surface area contributed by atoms with Crippen molar-refractivity contribution in [1.29, 1.82) is 0 Å². The average Bonchev–Trinajstić information content (AvgIpc) is 2.41. The molecule has 0 amide bonds. The highest BCUT2D eigenvalue weighted by molar-refractivity contribution is 5.81. The van der Waals surface area contributed by atoms with Gasteiger partial charge < -0.3 is 0 Å². The van der Waals surface area contributed by atoms with Crippen molar-refractivity contribution < 1.29 is 4.92 Å². The lowest BCUT2D eigenvalue weighted by atomic mass is 10.1. The van der Waals surface area contributed by atoms with E-state index >= 15 is 0 Å². The minimum Gasteiger partial charge on any atom is -0.261 e. The first-order chi connectivity index (χ1) is 9.16. The molecule has 0 radical (unpaired) electrons. The van der Waals surface area contributed by atoms with Crippen LogP contribution >= 0.6 is 0 Å². The number of hydrazone groups is 1. The van der Waals surface area contributed by atoms with Gasteiger partial charge >= 0.3 is 0 Å². The van der Waals surface area contributed by atoms with Gasteiger partial charge in [-0.05, 0) is 19.1 Å². The van der Waals surface area contributed by atoms with Gasteiger partial charge in [0.15, 0.2) is 0 Å². The van der Waals surface area contributed by atoms with Crippen LogP contribution in [-0.4, -0.2) is 16.1 Å². The summed E-state index contributed by atoms with van der Waals surface area (Å²) in [6.07, 6.45) is 3.16. The van der Waals surface area contributed by atoms with Crippen LogP contribution in [0.5, 0.6) is 0 Å². The van der Waals surface area contributed by atoms with E-state index in [0.717, 1.165) is 0 Å². The Hall–Kier alpha value is -2.76. The number of aromatic nitrogens is 1. The Balaban J connectivity index is 2.11. The molecule has 1 aromatic heterocycles. The third kappa shape index (κ3) is 3.35. The molecule has 2 rings (SSSR count). The molecular formula is C13H12N4O2. The van der Waals surface area contributed by atoms with Gasteiger partial charge in [-0.15, -0.1) is 0 Å². The second-order valence-electron chi connectivity index (χ2n) is 3.89. The molecule has 0 fully saturated rings. The van der Waals surface area contributed by atoms with Crippen LogP contribution in [-0.2, 0) is 0 Å². The predicted molar refractivity (Wildman–Crippen MR) is 73.3 cm³/mol. The first-order valence-corrected chi connectivity index (χ1v) is 5.62. The maximum atomic E-state index is 10.8. The van der Waals surface area contributed by atoms with Gasteiger partial charge in [0.2, 0.25) is 0 Å². The summed E-state index contributed by atoms with van der Waals surface area (Å²) in [5.74, 6) is 0.611. The molecule has 1 N–H and O–H groups in total. The van der Waals surface area contributed by atoms with Crippen LogP contribution in [0.3, 0.4) is 0 Å². The molecule has 0 spiro atoms. The minimum absolute atomic E-state index is 0.0850. The van der Waals surface area contributed by atoms with Gasteiger partial charge in [0.25, 0.3) is 5.69 Å². The summed E-state index contributed by atoms with van der Waals surface area (Å²) < 4.78 is 0. The van der Waals surface area contributed by atoms with Crippen molar-refractivity contribution in [3.05, 3.63) is 63.8 Å². The topological polar surface area (TPSA) is 80.4 Å². The van der Waals surface area contributed by atoms with Gasteiger partial charge in [-0.2, -0.15) is 5.10 Å². The van der Waals surface area contributed by atoms with Crippen molar-refractivity contribution in [3.8, 4) is 0 Å². The molecule has 0 bridgehead atoms. The van der Waals surface area contributed by atoms with E-state index in [0.29, 0.717) is 16.9 Å². The molecule has 2 aromatic rings. The molecule has 0 aliphatic carbocycles. The summed E-state index contributed by atoms with van der Waals surface area (Å²) in [6, 6.07) is 10.4. The number of hydrogen-bond donors (Lipinski definition) is 1. The summed E-state index contributed by atoms with van der Waals surface area (Å²) in [5.41, 5.74) is 4.11. The monoisotopic (exact) mass is 256 g/mol. The Kier molecular flexibility index (Phi) is 3.82. The molecule has 1 heterocycles. The average molecular weight is 256 g/mol. The number of hydrogen-bond acceptors (Lipinski definition) is 5. The maximum Gasteiger partial charge on any atom is 0.272 e. The van der Waals surface area contributed by atoms with Crippen LogP contribution in [0.25, 0.3) is 0 Å². The fourth-order valence-corrected chi connectivity index (χ4v) is 1.51. The summed E-state index contributed by atoms with van der Waals surface area (Å²) >= 11 is 0. The smallest absolute Gasteiger partial charge is 0.261 e. The minimum atomic E-state index is -0.404. The predicted octanol–water partition coefficient (Wildman–Crippen LogP) is 2.74. The molecule has 96 valence electrons. The third-order valence-corrected chi connectivity index (χ3v) is 2.49. The van der Waals surface area contributed by atoms with E-state index < -0.39 is 4.92 Å². The highest BCUT2D eigenvalue weighted by atomic mass is 16.6. The van der Waals surface area contributed by atoms with Crippen LogP contribution in [0, 0.1) is 17.0 Å². The maximum absolute atomic E-state index is 10.8. The Morgan fingerprint density at radius 2 is 2.21 bits per heavy atom. The zero-order valence-electron chi connectivity index (χ0n) is 10.3. The molecule has 1 aromatic carbocycles. The van der Waals surface area contributed by atoms with E-state index in [-0.39, 0.29) is 5.69 Å². The van der Waals surface area contributed by atoms with Gasteiger partial charge in [-0.25, -0.2) is 4.98 Å². The molecule has 19 heavy (non-hydrogen) atoms. The molecule has 0 aliphatic heterocycles. The number of anilines is 1. The zero-order valence-corrected chi connectivity index (χ0v) is 10.3. The van der Waals surface area contributed by atoms with E-state index in [1.165, 1.54) is 12.3 Å². The van der Waals surface area contributed by atoms with Crippen molar-refractivity contribution in [2.24, 2.45) is 5.10 Å². The van der Waals surface area contributed by atoms with E-state index in [2.05, 4.69) is 15.5 Å². The van der Waals surface area contributed by atoms with Gasteiger partial charge in [0.1, 0.15) is 5.82 Å². The zero-order chi connectivity index (χ0) is 13.7. The molecule has 0 saturated carbocycles. The van der Waals surface area contributed by atoms with Crippen LogP contribution in [0.15, 0.2) is 47.7 Å². The van der Waals surface area contributed by atoms with Crippen LogP contribution < -0.4 is 5.43 Å². The largest absolute Gasteiger partial charge is 0.272 e. The van der Waals surface area contributed by atoms with E-state index in [1.807, 2.05) is 6.07 Å². The molecule has 0 atom stereocenters. The van der Waals surface area contributed by atoms with E-state index in [1.54, 1.807) is 37.4 Å². The molecule has 0 aliphatic rings. The van der Waals surface area contributed by atoms with Crippen LogP contribution in [0.1, 0.15) is 11.1 Å². The number of rotatable bonds is 4. The van der Waals surface area contributed by atoms with Crippen molar-refractivity contribution in [3.63, 3.8) is 0 Å². The van der Waals surface area contributed by atoms with Crippen molar-refractivity contribution >= 4 is 17.7 Å². The quantitative estimate of drug-likeness (QED) is 0.518. The summed E-state index contributed by atoms with van der Waals surface area (Å²) in [5, 5.41) is 14.8. The van der Waals surface area contributed by atoms with Crippen molar-refractivity contribution in [2.75, 3.05) is 5.43 Å². The standard InChI is InChI=1S/C13H12N4O2/c1-10-5-6-11(8-12(10)17(18)19)9-15-16-13-4-2-3-7-14-13/h2-9H,1H3,(H,14,16)/b15-9-. The van der Waals surface area contributed by atoms with Crippen molar-refractivity contribution in [2.45, 2.75) is 6.92 Å². The first kappa shape index (κ1) is 12.7. The summed E-state index contributed by atoms with van der Waals surface area (Å²) in [7, 11) is 0. The highest BCUT2D eigenvalue weighted by Gasteiger charge is 2.09. The van der Waals surface area contributed by atoms with Crippen LogP contribution in [0.4, 0.5) is 11.5 Å². The number of aryl methyl sites for hydroxylation is 1. The number of nitro benzene ring substituents is 1. The fraction of sp³-hybridized carbons (Fsp3) is 0.0769. The summed E-state index contributed by atoms with van der Waals surface area (Å²) in [4.78, 5) is 14.4. The Bertz CT molecular complexity index is 611. The number of pyridine rings is 1. The van der Waals surface area contributed by atoms with Crippen molar-refractivity contribution in [1.82, 2.24) is 4.98 Å². The molecule has 6 heteroatoms. The molecule has 0 saturated heterocycles. The number of nitrogens with one attached hydrogen (secondary N) is 1. The Morgan fingerprint density at radius 1 is 1.37 bits per heavy atom. The molecule has 0 unspecified atom stereocenters. The first-order valence-electron chi connectivity index (χ1n) is 5.62. The second kappa shape index (κ2) is 5.72. The Morgan fingerprint density at radius 3 is 2.89 bits per heavy atom. The van der Waals surface area contributed by atoms with Gasteiger partial charge in [0, 0.05) is 23.4 Å². The lowest BCUT2D eigenvalue weighted by Gasteiger charge is -1.99. The third-order valence-electron chi connectivity index (χ3n) is 2.49. The highest BCUT2D eigenvalue weighted by Crippen LogP contribution is 2.18. The molecular weight excluding hydrogens is 244 g/mol. The summed E-state index contributed by atoms with van der Waals surface area (Å²) in [6.45, 7) is 1.70. The van der Waals surface area contributed by atoms with Crippen LogP contribution in [0.2, 0.25) is 0 Å². The fourth-order valence-electron chi connectivity index (χ4n) is 1.51. The van der Waals surface area contributed by atoms with Gasteiger partial charge in [0.05, 0.1) is 11.1 Å². The lowest BCUT2D eigenvalue weighted by Crippen LogP contribution is -1.95. The number of nitro groups is 1. The van der Waals surface area contributed by atoms with Gasteiger partial charge in [-0.1, -0.05) is 18.2 Å². The van der Waals surface area contributed by atoms with E-state index in [9.17, 15) is 10.1 Å². The number of nitrogens with zero attached hydrogens (tertiary/aromatic N) is 3. The molecule has 6 nitrogen and oxygen atoms in total. The number of benzene rings is 1. The second-order valence-corrected chi connectivity index (χ2v) is 3.89. The lowest BCUT2D eigenvalue weighted by molar-refractivity contribution is -0.385. The van der Waals surface area contributed by atoms with E-state index in [4.69, 9.17) is 0 Å². The Labute approximate surface area is 110 Å². The van der Waals surface area contributed by atoms with Gasteiger partial charge in [-0.3, -0.25) is 15.5 Å². The SMILES string of the molecule is Cc1ccc(/C=N\Nc2ccccn2)cc1[N+](=O)[O-].